The van der Waals surface area contributed by atoms with Crippen molar-refractivity contribution in [3.8, 4) is 0 Å². The Morgan fingerprint density at radius 1 is 1.56 bits per heavy atom. The Morgan fingerprint density at radius 3 is 2.75 bits per heavy atom. The van der Waals surface area contributed by atoms with E-state index in [1.165, 1.54) is 4.80 Å². The topological polar surface area (TPSA) is 98.7 Å². The molecular weight excluding hydrogens is 208 g/mol. The van der Waals surface area contributed by atoms with Gasteiger partial charge in [0.05, 0.1) is 12.5 Å². The molecule has 1 amide bonds. The van der Waals surface area contributed by atoms with Gasteiger partial charge in [0.1, 0.15) is 0 Å². The predicted molar refractivity (Wildman–Crippen MR) is 57.4 cm³/mol. The molecule has 3 N–H and O–H groups in total. The van der Waals surface area contributed by atoms with Crippen LogP contribution in [0.1, 0.15) is 25.7 Å². The molecule has 0 aliphatic heterocycles. The summed E-state index contributed by atoms with van der Waals surface area (Å²) < 4.78 is 0. The lowest BCUT2D eigenvalue weighted by Gasteiger charge is -2.24. The Morgan fingerprint density at radius 2 is 2.25 bits per heavy atom. The number of anilines is 1. The van der Waals surface area contributed by atoms with Gasteiger partial charge in [-0.05, 0) is 18.1 Å². The fourth-order valence-corrected chi connectivity index (χ4v) is 2.14. The largest absolute Gasteiger partial charge is 0.329 e. The summed E-state index contributed by atoms with van der Waals surface area (Å²) >= 11 is 0. The van der Waals surface area contributed by atoms with Crippen molar-refractivity contribution < 1.29 is 4.79 Å². The molecule has 1 aliphatic rings. The first-order chi connectivity index (χ1) is 7.66. The average Bonchev–Trinajstić information content (AvgIpc) is 2.88. The van der Waals surface area contributed by atoms with Crippen LogP contribution in [0.15, 0.2) is 0 Å². The summed E-state index contributed by atoms with van der Waals surface area (Å²) in [7, 11) is 1.65. The molecule has 7 heteroatoms. The number of hydrogen-bond acceptors (Lipinski definition) is 5. The summed E-state index contributed by atoms with van der Waals surface area (Å²) in [6, 6.07) is 0. The Labute approximate surface area is 93.4 Å². The van der Waals surface area contributed by atoms with Crippen LogP contribution in [0.25, 0.3) is 0 Å². The molecule has 1 saturated carbocycles. The van der Waals surface area contributed by atoms with E-state index in [1.807, 2.05) is 0 Å². The number of aromatic nitrogens is 4. The van der Waals surface area contributed by atoms with Gasteiger partial charge in [0.25, 0.3) is 5.95 Å². The van der Waals surface area contributed by atoms with Crippen molar-refractivity contribution in [2.75, 3.05) is 11.9 Å². The van der Waals surface area contributed by atoms with Crippen LogP contribution in [0.5, 0.6) is 0 Å². The van der Waals surface area contributed by atoms with Gasteiger partial charge >= 0.3 is 0 Å². The molecule has 1 fully saturated rings. The lowest BCUT2D eigenvalue weighted by molar-refractivity contribution is -0.124. The fourth-order valence-electron chi connectivity index (χ4n) is 2.14. The third kappa shape index (κ3) is 1.90. The van der Waals surface area contributed by atoms with E-state index in [2.05, 4.69) is 20.7 Å². The Bertz CT molecular complexity index is 381. The highest BCUT2D eigenvalue weighted by atomic mass is 16.2. The molecule has 1 aromatic rings. The van der Waals surface area contributed by atoms with Gasteiger partial charge in [-0.25, -0.2) is 0 Å². The molecular formula is C9H16N6O. The molecule has 0 atom stereocenters. The number of rotatable bonds is 3. The number of nitrogens with zero attached hydrogens (tertiary/aromatic N) is 4. The van der Waals surface area contributed by atoms with Gasteiger partial charge in [0.15, 0.2) is 0 Å². The maximum atomic E-state index is 12.1. The molecule has 2 rings (SSSR count). The highest BCUT2D eigenvalue weighted by Crippen LogP contribution is 2.37. The molecule has 16 heavy (non-hydrogen) atoms. The molecule has 0 unspecified atom stereocenters. The molecule has 0 saturated heterocycles. The van der Waals surface area contributed by atoms with E-state index in [-0.39, 0.29) is 11.9 Å². The number of amides is 1. The SMILES string of the molecule is Cn1nnc(NC(=O)C2(CN)CCCC2)n1. The number of carbonyl (C=O) groups excluding carboxylic acids is 1. The van der Waals surface area contributed by atoms with E-state index < -0.39 is 5.41 Å². The van der Waals surface area contributed by atoms with E-state index in [0.29, 0.717) is 6.54 Å². The third-order valence-electron chi connectivity index (χ3n) is 3.17. The molecule has 88 valence electrons. The number of nitrogens with one attached hydrogen (secondary N) is 1. The van der Waals surface area contributed by atoms with Crippen LogP contribution in [0, 0.1) is 5.41 Å². The Balaban J connectivity index is 2.07. The maximum Gasteiger partial charge on any atom is 0.270 e. The monoisotopic (exact) mass is 224 g/mol. The molecule has 1 aliphatic carbocycles. The first kappa shape index (κ1) is 11.0. The lowest BCUT2D eigenvalue weighted by Crippen LogP contribution is -2.40. The summed E-state index contributed by atoms with van der Waals surface area (Å²) in [6.07, 6.45) is 3.79. The van der Waals surface area contributed by atoms with Crippen molar-refractivity contribution in [3.63, 3.8) is 0 Å². The number of aryl methyl sites for hydroxylation is 1. The molecule has 1 heterocycles. The van der Waals surface area contributed by atoms with Crippen molar-refractivity contribution >= 4 is 11.9 Å². The van der Waals surface area contributed by atoms with E-state index in [0.717, 1.165) is 25.7 Å². The number of tetrazole rings is 1. The number of hydrogen-bond donors (Lipinski definition) is 2. The highest BCUT2D eigenvalue weighted by molar-refractivity contribution is 5.94. The van der Waals surface area contributed by atoms with E-state index in [9.17, 15) is 4.79 Å². The van der Waals surface area contributed by atoms with E-state index >= 15 is 0 Å². The normalized spacial score (nSPS) is 18.6. The summed E-state index contributed by atoms with van der Waals surface area (Å²) in [6.45, 7) is 0.374. The van der Waals surface area contributed by atoms with Crippen LogP contribution in [0.2, 0.25) is 0 Å². The van der Waals surface area contributed by atoms with E-state index in [4.69, 9.17) is 5.73 Å². The van der Waals surface area contributed by atoms with Crippen LogP contribution in [-0.2, 0) is 11.8 Å². The fraction of sp³-hybridized carbons (Fsp3) is 0.778. The molecule has 0 bridgehead atoms. The number of nitrogens with two attached hydrogens (primary N) is 1. The molecule has 0 spiro atoms. The zero-order chi connectivity index (χ0) is 11.6. The second kappa shape index (κ2) is 4.17. The summed E-state index contributed by atoms with van der Waals surface area (Å²) in [5.74, 6) is 0.160. The van der Waals surface area contributed by atoms with Gasteiger partial charge in [0.2, 0.25) is 5.91 Å². The van der Waals surface area contributed by atoms with E-state index in [1.54, 1.807) is 7.05 Å². The summed E-state index contributed by atoms with van der Waals surface area (Å²) in [5, 5.41) is 14.0. The minimum Gasteiger partial charge on any atom is -0.329 e. The Hall–Kier alpha value is -1.50. The molecule has 1 aromatic heterocycles. The third-order valence-corrected chi connectivity index (χ3v) is 3.17. The zero-order valence-electron chi connectivity index (χ0n) is 9.31. The summed E-state index contributed by atoms with van der Waals surface area (Å²) in [5.41, 5.74) is 5.27. The van der Waals surface area contributed by atoms with Crippen molar-refractivity contribution in [3.05, 3.63) is 0 Å². The van der Waals surface area contributed by atoms with Gasteiger partial charge < -0.3 is 5.73 Å². The number of carbonyl (C=O) groups is 1. The van der Waals surface area contributed by atoms with Gasteiger partial charge in [-0.1, -0.05) is 17.9 Å². The quantitative estimate of drug-likeness (QED) is 0.732. The van der Waals surface area contributed by atoms with Crippen LogP contribution < -0.4 is 11.1 Å². The summed E-state index contributed by atoms with van der Waals surface area (Å²) in [4.78, 5) is 13.4. The lowest BCUT2D eigenvalue weighted by atomic mass is 9.85. The van der Waals surface area contributed by atoms with Crippen LogP contribution in [0.4, 0.5) is 5.95 Å². The zero-order valence-corrected chi connectivity index (χ0v) is 9.31. The highest BCUT2D eigenvalue weighted by Gasteiger charge is 2.40. The van der Waals surface area contributed by atoms with Gasteiger partial charge in [-0.2, -0.15) is 4.80 Å². The minimum atomic E-state index is -0.431. The predicted octanol–water partition coefficient (Wildman–Crippen LogP) is -0.332. The van der Waals surface area contributed by atoms with Crippen LogP contribution >= 0.6 is 0 Å². The Kier molecular flexibility index (Phi) is 2.86. The van der Waals surface area contributed by atoms with Crippen molar-refractivity contribution in [2.24, 2.45) is 18.2 Å². The smallest absolute Gasteiger partial charge is 0.270 e. The van der Waals surface area contributed by atoms with Crippen LogP contribution in [-0.4, -0.2) is 32.7 Å². The van der Waals surface area contributed by atoms with Gasteiger partial charge in [-0.3, -0.25) is 10.1 Å². The van der Waals surface area contributed by atoms with Crippen molar-refractivity contribution in [1.29, 1.82) is 0 Å². The van der Waals surface area contributed by atoms with Gasteiger partial charge in [0, 0.05) is 6.54 Å². The minimum absolute atomic E-state index is 0.0829. The van der Waals surface area contributed by atoms with Crippen LogP contribution in [0.3, 0.4) is 0 Å². The molecule has 7 nitrogen and oxygen atoms in total. The first-order valence-electron chi connectivity index (χ1n) is 5.42. The standard InChI is InChI=1S/C9H16N6O/c1-15-13-8(12-14-15)11-7(16)9(6-10)4-2-3-5-9/h2-6,10H2,1H3,(H,11,13,16). The first-order valence-corrected chi connectivity index (χ1v) is 5.42. The molecule has 0 aromatic carbocycles. The maximum absolute atomic E-state index is 12.1. The van der Waals surface area contributed by atoms with Crippen molar-refractivity contribution in [2.45, 2.75) is 25.7 Å². The second-order valence-corrected chi connectivity index (χ2v) is 4.25. The molecule has 0 radical (unpaired) electrons. The van der Waals surface area contributed by atoms with Crippen molar-refractivity contribution in [1.82, 2.24) is 20.2 Å². The second-order valence-electron chi connectivity index (χ2n) is 4.25. The average molecular weight is 224 g/mol. The van der Waals surface area contributed by atoms with Gasteiger partial charge in [-0.15, -0.1) is 5.10 Å².